The summed E-state index contributed by atoms with van der Waals surface area (Å²) in [5.41, 5.74) is 8.30. The molecule has 1 fully saturated rings. The maximum Gasteiger partial charge on any atom is 0.170 e. The van der Waals surface area contributed by atoms with E-state index >= 15 is 0 Å². The van der Waals surface area contributed by atoms with Gasteiger partial charge in [0.2, 0.25) is 0 Å². The zero-order chi connectivity index (χ0) is 16.4. The van der Waals surface area contributed by atoms with E-state index < -0.39 is 0 Å². The Morgan fingerprint density at radius 1 is 1.22 bits per heavy atom. The molecule has 0 aromatic heterocycles. The fourth-order valence-electron chi connectivity index (χ4n) is 4.11. The van der Waals surface area contributed by atoms with E-state index in [1.807, 2.05) is 18.2 Å². The van der Waals surface area contributed by atoms with Gasteiger partial charge < -0.3 is 11.1 Å². The van der Waals surface area contributed by atoms with Crippen LogP contribution in [0.1, 0.15) is 61.4 Å². The Bertz CT molecular complexity index is 611. The van der Waals surface area contributed by atoms with Crippen LogP contribution in [0.3, 0.4) is 0 Å². The van der Waals surface area contributed by atoms with Gasteiger partial charge in [0.15, 0.2) is 5.78 Å². The summed E-state index contributed by atoms with van der Waals surface area (Å²) < 4.78 is 0. The predicted molar refractivity (Wildman–Crippen MR) is 91.4 cm³/mol. The van der Waals surface area contributed by atoms with Gasteiger partial charge in [0, 0.05) is 42.6 Å². The summed E-state index contributed by atoms with van der Waals surface area (Å²) in [6.07, 6.45) is 5.42. The molecule has 2 aliphatic rings. The molecular weight excluding hydrogens is 288 g/mol. The van der Waals surface area contributed by atoms with Gasteiger partial charge in [-0.3, -0.25) is 9.59 Å². The summed E-state index contributed by atoms with van der Waals surface area (Å²) in [5, 5.41) is 3.45. The molecule has 0 spiro atoms. The average Bonchev–Trinajstić information content (AvgIpc) is 2.54. The van der Waals surface area contributed by atoms with Crippen LogP contribution < -0.4 is 11.1 Å². The summed E-state index contributed by atoms with van der Waals surface area (Å²) in [4.78, 5) is 25.2. The Hall–Kier alpha value is -1.68. The standard InChI is InChI=1S/C19H26N2O2/c1-2-3-4-5-13-9-14(22)10-17-18(13)19(23)15-8-12(11-20)6-7-16(15)21-17/h6-8,13,17-18,21H,2-5,9-11,20H2,1H3. The maximum absolute atomic E-state index is 13.1. The first-order chi connectivity index (χ1) is 11.1. The molecule has 4 nitrogen and oxygen atoms in total. The smallest absolute Gasteiger partial charge is 0.170 e. The normalized spacial score (nSPS) is 26.4. The lowest BCUT2D eigenvalue weighted by Gasteiger charge is -2.41. The average molecular weight is 314 g/mol. The summed E-state index contributed by atoms with van der Waals surface area (Å²) in [6.45, 7) is 2.61. The van der Waals surface area contributed by atoms with E-state index in [0.29, 0.717) is 19.4 Å². The first-order valence-electron chi connectivity index (χ1n) is 8.79. The van der Waals surface area contributed by atoms with Crippen LogP contribution in [0, 0.1) is 11.8 Å². The third-order valence-electron chi connectivity index (χ3n) is 5.29. The monoisotopic (exact) mass is 314 g/mol. The molecule has 0 saturated heterocycles. The Balaban J connectivity index is 1.88. The number of hydrogen-bond acceptors (Lipinski definition) is 4. The number of nitrogens with two attached hydrogens (primary N) is 1. The van der Waals surface area contributed by atoms with Gasteiger partial charge in [0.1, 0.15) is 5.78 Å². The molecule has 3 atom stereocenters. The van der Waals surface area contributed by atoms with Crippen LogP contribution >= 0.6 is 0 Å². The highest BCUT2D eigenvalue weighted by Gasteiger charge is 2.44. The Kier molecular flexibility index (Phi) is 4.81. The molecular formula is C19H26N2O2. The topological polar surface area (TPSA) is 72.2 Å². The van der Waals surface area contributed by atoms with E-state index in [1.165, 1.54) is 0 Å². The number of Topliss-reactive ketones (excluding diaryl/α,β-unsaturated/α-hetero) is 2. The van der Waals surface area contributed by atoms with Gasteiger partial charge in [-0.2, -0.15) is 0 Å². The van der Waals surface area contributed by atoms with Gasteiger partial charge in [0.25, 0.3) is 0 Å². The Morgan fingerprint density at radius 3 is 2.78 bits per heavy atom. The number of carbonyl (C=O) groups is 2. The summed E-state index contributed by atoms with van der Waals surface area (Å²) >= 11 is 0. The first kappa shape index (κ1) is 16.2. The molecule has 1 aromatic carbocycles. The third-order valence-corrected chi connectivity index (χ3v) is 5.29. The lowest BCUT2D eigenvalue weighted by atomic mass is 9.68. The highest BCUT2D eigenvalue weighted by molar-refractivity contribution is 6.06. The van der Waals surface area contributed by atoms with Crippen molar-refractivity contribution in [3.63, 3.8) is 0 Å². The molecule has 124 valence electrons. The fraction of sp³-hybridized carbons (Fsp3) is 0.579. The van der Waals surface area contributed by atoms with Crippen LogP contribution in [-0.4, -0.2) is 17.6 Å². The van der Waals surface area contributed by atoms with Crippen LogP contribution in [0.5, 0.6) is 0 Å². The van der Waals surface area contributed by atoms with Gasteiger partial charge in [0.05, 0.1) is 0 Å². The summed E-state index contributed by atoms with van der Waals surface area (Å²) in [5.74, 6) is 0.607. The predicted octanol–water partition coefficient (Wildman–Crippen LogP) is 3.30. The van der Waals surface area contributed by atoms with E-state index in [-0.39, 0.29) is 29.4 Å². The minimum atomic E-state index is -0.0647. The van der Waals surface area contributed by atoms with E-state index in [9.17, 15) is 9.59 Å². The molecule has 1 aliphatic heterocycles. The summed E-state index contributed by atoms with van der Waals surface area (Å²) in [6, 6.07) is 5.76. The van der Waals surface area contributed by atoms with Crippen molar-refractivity contribution in [1.82, 2.24) is 0 Å². The molecule has 23 heavy (non-hydrogen) atoms. The van der Waals surface area contributed by atoms with Gasteiger partial charge in [-0.25, -0.2) is 0 Å². The number of hydrogen-bond donors (Lipinski definition) is 2. The van der Waals surface area contributed by atoms with Crippen molar-refractivity contribution in [3.8, 4) is 0 Å². The highest BCUT2D eigenvalue weighted by Crippen LogP contribution is 2.40. The van der Waals surface area contributed by atoms with Crippen molar-refractivity contribution in [3.05, 3.63) is 29.3 Å². The zero-order valence-electron chi connectivity index (χ0n) is 13.8. The van der Waals surface area contributed by atoms with E-state index in [4.69, 9.17) is 5.73 Å². The SMILES string of the molecule is CCCCCC1CC(=O)CC2Nc3ccc(CN)cc3C(=O)C12. The minimum absolute atomic E-state index is 0.0356. The first-order valence-corrected chi connectivity index (χ1v) is 8.79. The number of anilines is 1. The second-order valence-corrected chi connectivity index (χ2v) is 6.93. The summed E-state index contributed by atoms with van der Waals surface area (Å²) in [7, 11) is 0. The molecule has 0 radical (unpaired) electrons. The molecule has 3 unspecified atom stereocenters. The van der Waals surface area contributed by atoms with E-state index in [1.54, 1.807) is 0 Å². The molecule has 1 aliphatic carbocycles. The van der Waals surface area contributed by atoms with E-state index in [2.05, 4.69) is 12.2 Å². The van der Waals surface area contributed by atoms with Crippen molar-refractivity contribution in [1.29, 1.82) is 0 Å². The third kappa shape index (κ3) is 3.18. The fourth-order valence-corrected chi connectivity index (χ4v) is 4.11. The quantitative estimate of drug-likeness (QED) is 0.818. The lowest BCUT2D eigenvalue weighted by Crippen LogP contribution is -2.48. The van der Waals surface area contributed by atoms with Crippen molar-refractivity contribution in [2.75, 3.05) is 5.32 Å². The van der Waals surface area contributed by atoms with Crippen LogP contribution in [-0.2, 0) is 11.3 Å². The maximum atomic E-state index is 13.1. The minimum Gasteiger partial charge on any atom is -0.381 e. The van der Waals surface area contributed by atoms with Gasteiger partial charge >= 0.3 is 0 Å². The number of ketones is 2. The second kappa shape index (κ2) is 6.83. The molecule has 3 rings (SSSR count). The zero-order valence-corrected chi connectivity index (χ0v) is 13.8. The van der Waals surface area contributed by atoms with Crippen LogP contribution in [0.15, 0.2) is 18.2 Å². The number of rotatable bonds is 5. The number of nitrogens with one attached hydrogen (secondary N) is 1. The van der Waals surface area contributed by atoms with E-state index in [0.717, 1.165) is 42.5 Å². The van der Waals surface area contributed by atoms with Crippen molar-refractivity contribution in [2.24, 2.45) is 17.6 Å². The lowest BCUT2D eigenvalue weighted by molar-refractivity contribution is -0.122. The molecule has 0 amide bonds. The number of fused-ring (bicyclic) bond motifs is 2. The Morgan fingerprint density at radius 2 is 2.04 bits per heavy atom. The van der Waals surface area contributed by atoms with Crippen LogP contribution in [0.4, 0.5) is 5.69 Å². The van der Waals surface area contributed by atoms with Gasteiger partial charge in [-0.05, 0) is 30.0 Å². The van der Waals surface area contributed by atoms with Crippen molar-refractivity contribution >= 4 is 17.3 Å². The van der Waals surface area contributed by atoms with Crippen molar-refractivity contribution in [2.45, 2.75) is 58.0 Å². The van der Waals surface area contributed by atoms with Gasteiger partial charge in [-0.15, -0.1) is 0 Å². The molecule has 1 aromatic rings. The largest absolute Gasteiger partial charge is 0.381 e. The van der Waals surface area contributed by atoms with Crippen molar-refractivity contribution < 1.29 is 9.59 Å². The van der Waals surface area contributed by atoms with Crippen LogP contribution in [0.25, 0.3) is 0 Å². The highest BCUT2D eigenvalue weighted by atomic mass is 16.1. The number of unbranched alkanes of at least 4 members (excludes halogenated alkanes) is 2. The molecule has 1 saturated carbocycles. The molecule has 1 heterocycles. The molecule has 4 heteroatoms. The van der Waals surface area contributed by atoms with Crippen LogP contribution in [0.2, 0.25) is 0 Å². The molecule has 3 N–H and O–H groups in total. The molecule has 0 bridgehead atoms. The number of carbonyl (C=O) groups excluding carboxylic acids is 2. The number of benzene rings is 1. The second-order valence-electron chi connectivity index (χ2n) is 6.93. The van der Waals surface area contributed by atoms with Gasteiger partial charge in [-0.1, -0.05) is 32.3 Å². The Labute approximate surface area is 137 Å².